The monoisotopic (exact) mass is 442 g/mol. The first-order chi connectivity index (χ1) is 11.6. The number of carbonyl (C=O) groups is 1. The highest BCUT2D eigenvalue weighted by atomic mass is 127. The number of fused-ring (bicyclic) bond motifs is 1. The number of benzene rings is 1. The fourth-order valence-corrected chi connectivity index (χ4v) is 5.36. The lowest BCUT2D eigenvalue weighted by atomic mass is 9.59. The Hall–Kier alpha value is -0.620. The third kappa shape index (κ3) is 3.36. The Morgan fingerprint density at radius 2 is 2.04 bits per heavy atom. The number of Topliss-reactive ketones (excluding diaryl/α,β-unsaturated/α-hetero) is 1. The van der Waals surface area contributed by atoms with E-state index in [9.17, 15) is 9.90 Å². The maximum atomic E-state index is 13.1. The van der Waals surface area contributed by atoms with Gasteiger partial charge in [-0.3, -0.25) is 4.79 Å². The molecule has 3 rings (SSSR count). The molecule has 0 saturated heterocycles. The largest absolute Gasteiger partial charge is 0.493 e. The Balaban J connectivity index is 1.83. The minimum atomic E-state index is -0.429. The van der Waals surface area contributed by atoms with Crippen LogP contribution in [-0.4, -0.2) is 28.0 Å². The summed E-state index contributed by atoms with van der Waals surface area (Å²) in [5, 5.41) is 10.7. The number of hydrogen-bond donors (Lipinski definition) is 1. The molecule has 2 saturated carbocycles. The molecule has 0 heterocycles. The minimum Gasteiger partial charge on any atom is -0.493 e. The topological polar surface area (TPSA) is 46.5 Å². The zero-order valence-electron chi connectivity index (χ0n) is 14.3. The van der Waals surface area contributed by atoms with Gasteiger partial charge in [0.25, 0.3) is 0 Å². The Labute approximate surface area is 158 Å². The van der Waals surface area contributed by atoms with Crippen LogP contribution >= 0.6 is 22.6 Å². The molecule has 4 heteroatoms. The Kier molecular flexibility index (Phi) is 5.85. The minimum absolute atomic E-state index is 0.0781. The molecule has 1 N–H and O–H groups in total. The first kappa shape index (κ1) is 18.2. The standard InChI is InChI=1S/C20H27IO3/c1-14-10-15-12-18(22)17(13-24-16-6-3-2-4-7-16)20(15,8-5-9-21)19(23)11-14/h2-4,6-7,14-15,17-18,22H,5,8-13H2,1H3/t14?,15-,17-,18-,20-/m0/s1. The van der Waals surface area contributed by atoms with Crippen molar-refractivity contribution in [1.29, 1.82) is 0 Å². The third-order valence-electron chi connectivity index (χ3n) is 6.02. The summed E-state index contributed by atoms with van der Waals surface area (Å²) in [5.41, 5.74) is -0.369. The zero-order chi connectivity index (χ0) is 17.2. The SMILES string of the molecule is CC1CC(=O)[C@@]2(CCCI)[C@@H](C1)C[C@H](O)[C@@H]2COc1ccccc1. The molecule has 132 valence electrons. The molecule has 0 radical (unpaired) electrons. The van der Waals surface area contributed by atoms with Gasteiger partial charge >= 0.3 is 0 Å². The number of ketones is 1. The van der Waals surface area contributed by atoms with Crippen molar-refractivity contribution < 1.29 is 14.6 Å². The quantitative estimate of drug-likeness (QED) is 0.529. The molecular weight excluding hydrogens is 415 g/mol. The van der Waals surface area contributed by atoms with Gasteiger partial charge in [-0.05, 0) is 54.1 Å². The van der Waals surface area contributed by atoms with Crippen LogP contribution in [0.3, 0.4) is 0 Å². The van der Waals surface area contributed by atoms with E-state index in [1.807, 2.05) is 30.3 Å². The average Bonchev–Trinajstić information content (AvgIpc) is 2.84. The van der Waals surface area contributed by atoms with E-state index in [1.54, 1.807) is 0 Å². The number of para-hydroxylation sites is 1. The molecule has 1 unspecified atom stereocenters. The smallest absolute Gasteiger partial charge is 0.140 e. The van der Waals surface area contributed by atoms with Crippen LogP contribution in [0.1, 0.15) is 39.0 Å². The average molecular weight is 442 g/mol. The first-order valence-corrected chi connectivity index (χ1v) is 10.6. The molecule has 2 aliphatic rings. The molecule has 2 aliphatic carbocycles. The van der Waals surface area contributed by atoms with Crippen LogP contribution in [-0.2, 0) is 4.79 Å². The van der Waals surface area contributed by atoms with E-state index in [1.165, 1.54) is 0 Å². The van der Waals surface area contributed by atoms with Gasteiger partial charge in [0.2, 0.25) is 0 Å². The first-order valence-electron chi connectivity index (χ1n) is 9.03. The summed E-state index contributed by atoms with van der Waals surface area (Å²) >= 11 is 2.38. The van der Waals surface area contributed by atoms with E-state index in [4.69, 9.17) is 4.74 Å². The molecule has 2 fully saturated rings. The van der Waals surface area contributed by atoms with E-state index >= 15 is 0 Å². The molecule has 0 spiro atoms. The number of aliphatic hydroxyl groups is 1. The van der Waals surface area contributed by atoms with Crippen LogP contribution < -0.4 is 4.74 Å². The fourth-order valence-electron chi connectivity index (χ4n) is 4.98. The summed E-state index contributed by atoms with van der Waals surface area (Å²) in [6, 6.07) is 9.72. The summed E-state index contributed by atoms with van der Waals surface area (Å²) < 4.78 is 7.03. The second kappa shape index (κ2) is 7.73. The Morgan fingerprint density at radius 1 is 1.29 bits per heavy atom. The van der Waals surface area contributed by atoms with Gasteiger partial charge in [-0.1, -0.05) is 47.7 Å². The van der Waals surface area contributed by atoms with Gasteiger partial charge in [0.1, 0.15) is 11.5 Å². The summed E-state index contributed by atoms with van der Waals surface area (Å²) in [6.07, 6.45) is 3.97. The van der Waals surface area contributed by atoms with Crippen LogP contribution in [0.5, 0.6) is 5.75 Å². The summed E-state index contributed by atoms with van der Waals surface area (Å²) in [4.78, 5) is 13.1. The summed E-state index contributed by atoms with van der Waals surface area (Å²) in [5.74, 6) is 1.86. The molecule has 5 atom stereocenters. The molecular formula is C20H27IO3. The predicted molar refractivity (Wildman–Crippen MR) is 103 cm³/mol. The molecule has 1 aromatic rings. The number of halogens is 1. The molecule has 3 nitrogen and oxygen atoms in total. The van der Waals surface area contributed by atoms with Gasteiger partial charge in [-0.2, -0.15) is 0 Å². The van der Waals surface area contributed by atoms with Crippen molar-refractivity contribution in [3.8, 4) is 5.75 Å². The number of carbonyl (C=O) groups excluding carboxylic acids is 1. The molecule has 0 amide bonds. The fraction of sp³-hybridized carbons (Fsp3) is 0.650. The maximum Gasteiger partial charge on any atom is 0.140 e. The van der Waals surface area contributed by atoms with Crippen molar-refractivity contribution in [2.45, 2.75) is 45.1 Å². The number of rotatable bonds is 6. The second-order valence-electron chi connectivity index (χ2n) is 7.53. The maximum absolute atomic E-state index is 13.1. The lowest BCUT2D eigenvalue weighted by molar-refractivity contribution is -0.141. The second-order valence-corrected chi connectivity index (χ2v) is 8.61. The lowest BCUT2D eigenvalue weighted by Gasteiger charge is -2.44. The normalized spacial score (nSPS) is 35.7. The highest BCUT2D eigenvalue weighted by Crippen LogP contribution is 2.57. The van der Waals surface area contributed by atoms with Crippen molar-refractivity contribution in [3.63, 3.8) is 0 Å². The van der Waals surface area contributed by atoms with Crippen molar-refractivity contribution in [3.05, 3.63) is 30.3 Å². The molecule has 0 aliphatic heterocycles. The van der Waals surface area contributed by atoms with E-state index in [0.717, 1.165) is 35.9 Å². The van der Waals surface area contributed by atoms with E-state index < -0.39 is 6.10 Å². The van der Waals surface area contributed by atoms with Gasteiger partial charge in [0.15, 0.2) is 0 Å². The number of alkyl halides is 1. The van der Waals surface area contributed by atoms with Crippen molar-refractivity contribution in [2.24, 2.45) is 23.2 Å². The van der Waals surface area contributed by atoms with Crippen LogP contribution in [0.15, 0.2) is 30.3 Å². The number of hydrogen-bond acceptors (Lipinski definition) is 3. The molecule has 1 aromatic carbocycles. The molecule has 0 bridgehead atoms. The number of ether oxygens (including phenoxy) is 1. The van der Waals surface area contributed by atoms with Crippen LogP contribution in [0.4, 0.5) is 0 Å². The van der Waals surface area contributed by atoms with Crippen LogP contribution in [0.2, 0.25) is 0 Å². The summed E-state index contributed by atoms with van der Waals surface area (Å²) in [6.45, 7) is 2.60. The van der Waals surface area contributed by atoms with Crippen molar-refractivity contribution in [1.82, 2.24) is 0 Å². The Morgan fingerprint density at radius 3 is 2.75 bits per heavy atom. The van der Waals surface area contributed by atoms with Gasteiger partial charge in [-0.25, -0.2) is 0 Å². The van der Waals surface area contributed by atoms with Crippen LogP contribution in [0, 0.1) is 23.2 Å². The van der Waals surface area contributed by atoms with E-state index in [0.29, 0.717) is 30.6 Å². The highest BCUT2D eigenvalue weighted by molar-refractivity contribution is 14.1. The van der Waals surface area contributed by atoms with E-state index in [2.05, 4.69) is 29.5 Å². The van der Waals surface area contributed by atoms with Gasteiger partial charge in [0.05, 0.1) is 12.7 Å². The van der Waals surface area contributed by atoms with Crippen molar-refractivity contribution >= 4 is 28.4 Å². The predicted octanol–water partition coefficient (Wildman–Crippen LogP) is 4.26. The van der Waals surface area contributed by atoms with E-state index in [-0.39, 0.29) is 11.3 Å². The third-order valence-corrected chi connectivity index (χ3v) is 6.78. The molecule has 0 aromatic heterocycles. The highest BCUT2D eigenvalue weighted by Gasteiger charge is 2.60. The Bertz CT molecular complexity index is 561. The lowest BCUT2D eigenvalue weighted by Crippen LogP contribution is -2.48. The number of aliphatic hydroxyl groups excluding tert-OH is 1. The van der Waals surface area contributed by atoms with Gasteiger partial charge < -0.3 is 9.84 Å². The van der Waals surface area contributed by atoms with Gasteiger partial charge in [-0.15, -0.1) is 0 Å². The molecule has 24 heavy (non-hydrogen) atoms. The van der Waals surface area contributed by atoms with Gasteiger partial charge in [0, 0.05) is 17.8 Å². The zero-order valence-corrected chi connectivity index (χ0v) is 16.4. The van der Waals surface area contributed by atoms with Crippen molar-refractivity contribution in [2.75, 3.05) is 11.0 Å². The van der Waals surface area contributed by atoms with Crippen LogP contribution in [0.25, 0.3) is 0 Å². The summed E-state index contributed by atoms with van der Waals surface area (Å²) in [7, 11) is 0.